The van der Waals surface area contributed by atoms with Crippen LogP contribution in [0.1, 0.15) is 96.6 Å². The van der Waals surface area contributed by atoms with Crippen molar-refractivity contribution in [3.8, 4) is 0 Å². The molecule has 0 aliphatic carbocycles. The predicted molar refractivity (Wildman–Crippen MR) is 406 cm³/mol. The molecule has 0 N–H and O–H groups in total. The van der Waals surface area contributed by atoms with Gasteiger partial charge in [-0.1, -0.05) is 284 Å². The molecule has 3 aliphatic rings. The van der Waals surface area contributed by atoms with Crippen LogP contribution < -0.4 is 20.7 Å². The number of ether oxygens (including phenoxy) is 11. The minimum absolute atomic E-state index is 0.00427. The van der Waals surface area contributed by atoms with Gasteiger partial charge in [-0.25, -0.2) is 14.4 Å². The molecule has 16 nitrogen and oxygen atoms in total. The van der Waals surface area contributed by atoms with E-state index in [4.69, 9.17) is 61.0 Å². The molecule has 0 spiro atoms. The van der Waals surface area contributed by atoms with Crippen LogP contribution in [0, 0.1) is 0 Å². The second-order valence-corrected chi connectivity index (χ2v) is 37.2. The van der Waals surface area contributed by atoms with E-state index in [9.17, 15) is 9.59 Å². The summed E-state index contributed by atoms with van der Waals surface area (Å²) in [5.41, 5.74) is 2.38. The van der Waals surface area contributed by atoms with Crippen molar-refractivity contribution >= 4 is 55.3 Å². The molecule has 546 valence electrons. The third-order valence-corrected chi connectivity index (χ3v) is 29.5. The first kappa shape index (κ1) is 75.8. The van der Waals surface area contributed by atoms with Crippen LogP contribution in [0.2, 0.25) is 10.1 Å². The topological polar surface area (TPSA) is 171 Å². The lowest BCUT2D eigenvalue weighted by Gasteiger charge is -2.44. The third-order valence-electron chi connectivity index (χ3n) is 19.5. The van der Waals surface area contributed by atoms with E-state index < -0.39 is 125 Å². The smallest absolute Gasteiger partial charge is 0.340 e. The number of benzene rings is 9. The van der Waals surface area contributed by atoms with Gasteiger partial charge in [0.05, 0.1) is 56.3 Å². The molecule has 18 heteroatoms. The van der Waals surface area contributed by atoms with Crippen LogP contribution in [0.15, 0.2) is 286 Å². The predicted octanol–water partition coefficient (Wildman–Crippen LogP) is 13.5. The Labute approximate surface area is 618 Å². The third kappa shape index (κ3) is 17.7. The number of allylic oxidation sites excluding steroid dienone is 1. The molecule has 3 aliphatic heterocycles. The maximum atomic E-state index is 15.3. The SMILES string of the molecule is C=CCCCOC1OC(COC2OC(CO[Si](c3ccccc3)(c3ccccc3)C(C)(C)C)C(OCc3ccccc3)C2OC(=O)c2ccccc2)C(OC2(OC(=O)c3ccccc3)COC(CO[Si](c3ccccc3)(c3ccccc3)C(C)(C)C)C2OCc2ccccc2)C1OC(=O)c1ccccc1. The Morgan fingerprint density at radius 3 is 1.21 bits per heavy atom. The van der Waals surface area contributed by atoms with Gasteiger partial charge in [-0.2, -0.15) is 0 Å². The highest BCUT2D eigenvalue weighted by molar-refractivity contribution is 7.00. The average Bonchev–Trinajstić information content (AvgIpc) is 1.70. The number of unbranched alkanes of at least 4 members (excludes halogenated alkanes) is 1. The lowest BCUT2D eigenvalue weighted by Crippen LogP contribution is -2.67. The number of carbonyl (C=O) groups excluding carboxylic acids is 3. The zero-order valence-electron chi connectivity index (χ0n) is 60.4. The van der Waals surface area contributed by atoms with Crippen LogP contribution in [0.5, 0.6) is 0 Å². The summed E-state index contributed by atoms with van der Waals surface area (Å²) in [6.07, 6.45) is -9.45. The summed E-state index contributed by atoms with van der Waals surface area (Å²) in [6.45, 7) is 16.4. The van der Waals surface area contributed by atoms with Gasteiger partial charge in [0.2, 0.25) is 0 Å². The largest absolute Gasteiger partial charge is 0.450 e. The summed E-state index contributed by atoms with van der Waals surface area (Å²) in [6, 6.07) is 86.3. The van der Waals surface area contributed by atoms with Gasteiger partial charge in [0, 0.05) is 0 Å². The van der Waals surface area contributed by atoms with Crippen LogP contribution in [0.3, 0.4) is 0 Å². The summed E-state index contributed by atoms with van der Waals surface area (Å²) < 4.78 is 92.6. The molecule has 0 bridgehead atoms. The number of rotatable bonds is 32. The molecular weight excluding hydrogens is 1360 g/mol. The fourth-order valence-electron chi connectivity index (χ4n) is 14.4. The molecule has 9 aromatic carbocycles. The highest BCUT2D eigenvalue weighted by atomic mass is 28.4. The van der Waals surface area contributed by atoms with E-state index >= 15 is 4.79 Å². The summed E-state index contributed by atoms with van der Waals surface area (Å²) in [7, 11) is -6.58. The van der Waals surface area contributed by atoms with Gasteiger partial charge >= 0.3 is 17.9 Å². The second kappa shape index (κ2) is 35.0. The molecule has 12 rings (SSSR count). The van der Waals surface area contributed by atoms with Gasteiger partial charge in [0.15, 0.2) is 30.9 Å². The zero-order chi connectivity index (χ0) is 73.3. The molecule has 11 atom stereocenters. The maximum absolute atomic E-state index is 15.3. The molecule has 9 aromatic rings. The quantitative estimate of drug-likeness (QED) is 0.00973. The van der Waals surface area contributed by atoms with Crippen molar-refractivity contribution < 1.29 is 75.3 Å². The lowest BCUT2D eigenvalue weighted by molar-refractivity contribution is -0.287. The highest BCUT2D eigenvalue weighted by Crippen LogP contribution is 2.44. The minimum atomic E-state index is -3.31. The standard InChI is InChI=1S/C87H94O16Si2/c1-8-9-37-56-91-83-78(101-81(89)66-44-25-13-26-45-66)76(102-87(103-82(90)67-46-27-14-28-47-67)62-95-74(79(87)93-58-64-40-21-11-22-41-64)61-97-105(86(5,6)7,70-52-33-17-34-53-70)71-54-35-18-36-55-71)72(98-83)59-94-84-77(100-80(88)65-42-23-12-24-43-65)75(92-57-63-38-19-10-20-39-63)73(99-84)60-96-104(85(2,3)4,68-48-29-15-30-49-68)69-50-31-16-32-51-69/h8,10-36,38-55,72-79,83-84H,1,9,37,56-62H2,2-7H3. The molecule has 11 unspecified atom stereocenters. The first-order valence-electron chi connectivity index (χ1n) is 36.1. The van der Waals surface area contributed by atoms with Gasteiger partial charge in [0.25, 0.3) is 22.4 Å². The number of carbonyl (C=O) groups is 3. The minimum Gasteiger partial charge on any atom is -0.450 e. The Bertz CT molecular complexity index is 4100. The molecule has 3 saturated heterocycles. The van der Waals surface area contributed by atoms with Crippen molar-refractivity contribution in [1.82, 2.24) is 0 Å². The van der Waals surface area contributed by atoms with E-state index in [2.05, 4.69) is 96.7 Å². The Kier molecular flexibility index (Phi) is 25.3. The van der Waals surface area contributed by atoms with E-state index in [0.29, 0.717) is 12.8 Å². The van der Waals surface area contributed by atoms with Crippen molar-refractivity contribution in [2.24, 2.45) is 0 Å². The van der Waals surface area contributed by atoms with E-state index in [0.717, 1.165) is 31.9 Å². The number of hydrogen-bond donors (Lipinski definition) is 0. The van der Waals surface area contributed by atoms with Gasteiger partial charge in [-0.3, -0.25) is 0 Å². The van der Waals surface area contributed by atoms with Crippen molar-refractivity contribution in [2.75, 3.05) is 33.0 Å². The Balaban J connectivity index is 0.969. The van der Waals surface area contributed by atoms with Gasteiger partial charge in [0.1, 0.15) is 37.1 Å². The maximum Gasteiger partial charge on any atom is 0.340 e. The first-order valence-corrected chi connectivity index (χ1v) is 39.9. The molecule has 0 radical (unpaired) electrons. The van der Waals surface area contributed by atoms with Crippen LogP contribution in [-0.2, 0) is 74.2 Å². The van der Waals surface area contributed by atoms with Crippen LogP contribution in [-0.4, -0.2) is 135 Å². The van der Waals surface area contributed by atoms with Gasteiger partial charge in [-0.15, -0.1) is 6.58 Å². The van der Waals surface area contributed by atoms with Crippen molar-refractivity contribution in [3.05, 3.63) is 313 Å². The van der Waals surface area contributed by atoms with Crippen molar-refractivity contribution in [2.45, 2.75) is 145 Å². The van der Waals surface area contributed by atoms with Crippen LogP contribution >= 0.6 is 0 Å². The van der Waals surface area contributed by atoms with E-state index in [-0.39, 0.29) is 49.7 Å². The first-order chi connectivity index (χ1) is 51.0. The Hall–Kier alpha value is -8.84. The molecule has 105 heavy (non-hydrogen) atoms. The van der Waals surface area contributed by atoms with E-state index in [1.165, 1.54) is 0 Å². The Morgan fingerprint density at radius 2 is 0.790 bits per heavy atom. The van der Waals surface area contributed by atoms with Crippen molar-refractivity contribution in [1.29, 1.82) is 0 Å². The fourth-order valence-corrected chi connectivity index (χ4v) is 23.5. The molecular formula is C87H94O16Si2. The number of hydrogen-bond acceptors (Lipinski definition) is 16. The van der Waals surface area contributed by atoms with Crippen LogP contribution in [0.25, 0.3) is 0 Å². The molecule has 3 heterocycles. The van der Waals surface area contributed by atoms with Crippen molar-refractivity contribution in [3.63, 3.8) is 0 Å². The summed E-state index contributed by atoms with van der Waals surface area (Å²) in [4.78, 5) is 45.0. The van der Waals surface area contributed by atoms with Gasteiger partial charge < -0.3 is 61.0 Å². The molecule has 0 saturated carbocycles. The molecule has 3 fully saturated rings. The fraction of sp³-hybridized carbons (Fsp3) is 0.322. The highest BCUT2D eigenvalue weighted by Gasteiger charge is 2.63. The second-order valence-electron chi connectivity index (χ2n) is 28.6. The van der Waals surface area contributed by atoms with E-state index in [1.807, 2.05) is 140 Å². The Morgan fingerprint density at radius 1 is 0.429 bits per heavy atom. The van der Waals surface area contributed by atoms with Gasteiger partial charge in [-0.05, 0) is 91.2 Å². The average molecular weight is 1450 g/mol. The summed E-state index contributed by atoms with van der Waals surface area (Å²) in [5.74, 6) is -4.34. The van der Waals surface area contributed by atoms with E-state index in [1.54, 1.807) is 91.0 Å². The normalized spacial score (nSPS) is 22.6. The summed E-state index contributed by atoms with van der Waals surface area (Å²) in [5, 5.41) is 3.25. The summed E-state index contributed by atoms with van der Waals surface area (Å²) >= 11 is 0. The van der Waals surface area contributed by atoms with Crippen LogP contribution in [0.4, 0.5) is 0 Å². The monoisotopic (exact) mass is 1450 g/mol. The zero-order valence-corrected chi connectivity index (χ0v) is 62.4. The number of esters is 3. The molecule has 0 aromatic heterocycles. The molecule has 0 amide bonds. The lowest BCUT2D eigenvalue weighted by atomic mass is 10.0.